The number of nitro groups is 1. The number of rotatable bonds is 6. The molecule has 0 fully saturated rings. The van der Waals surface area contributed by atoms with E-state index in [4.69, 9.17) is 10.00 Å². The summed E-state index contributed by atoms with van der Waals surface area (Å²) in [5.74, 6) is -0.267. The van der Waals surface area contributed by atoms with E-state index in [2.05, 4.69) is 10.5 Å². The van der Waals surface area contributed by atoms with Crippen molar-refractivity contribution >= 4 is 17.8 Å². The number of ether oxygens (including phenoxy) is 1. The monoisotopic (exact) mass is 324 g/mol. The van der Waals surface area contributed by atoms with Crippen LogP contribution in [0.15, 0.2) is 53.6 Å². The summed E-state index contributed by atoms with van der Waals surface area (Å²) in [6, 6.07) is 14.2. The summed E-state index contributed by atoms with van der Waals surface area (Å²) in [7, 11) is 0. The van der Waals surface area contributed by atoms with Crippen LogP contribution in [0.25, 0.3) is 0 Å². The van der Waals surface area contributed by atoms with Gasteiger partial charge >= 0.3 is 0 Å². The maximum atomic E-state index is 12.0. The Bertz CT molecular complexity index is 827. The highest BCUT2D eigenvalue weighted by atomic mass is 16.6. The molecule has 0 aliphatic heterocycles. The molecule has 0 aromatic heterocycles. The Kier molecular flexibility index (Phi) is 5.58. The fourth-order valence-electron chi connectivity index (χ4n) is 1.87. The Labute approximate surface area is 137 Å². The van der Waals surface area contributed by atoms with E-state index in [9.17, 15) is 14.9 Å². The lowest BCUT2D eigenvalue weighted by atomic mass is 10.2. The number of hydrogen-bond acceptors (Lipinski definition) is 6. The van der Waals surface area contributed by atoms with Crippen molar-refractivity contribution in [3.8, 4) is 11.8 Å². The van der Waals surface area contributed by atoms with Crippen molar-refractivity contribution in [2.45, 2.75) is 0 Å². The average molecular weight is 324 g/mol. The van der Waals surface area contributed by atoms with E-state index in [0.717, 1.165) is 0 Å². The molecule has 0 aliphatic rings. The molecule has 0 radical (unpaired) electrons. The van der Waals surface area contributed by atoms with Gasteiger partial charge in [0.25, 0.3) is 11.6 Å². The second kappa shape index (κ2) is 8.05. The molecule has 0 heterocycles. The summed E-state index contributed by atoms with van der Waals surface area (Å²) in [5, 5.41) is 23.2. The minimum Gasteiger partial charge on any atom is -0.478 e. The third-order valence-corrected chi connectivity index (χ3v) is 2.93. The molecule has 2 aromatic carbocycles. The number of hydrogen-bond donors (Lipinski definition) is 1. The van der Waals surface area contributed by atoms with Crippen molar-refractivity contribution in [3.05, 3.63) is 69.8 Å². The predicted octanol–water partition coefficient (Wildman–Crippen LogP) is 2.26. The molecule has 1 amide bonds. The van der Waals surface area contributed by atoms with Gasteiger partial charge in [-0.25, -0.2) is 5.43 Å². The van der Waals surface area contributed by atoms with Gasteiger partial charge < -0.3 is 4.74 Å². The van der Waals surface area contributed by atoms with Crippen LogP contribution in [0.4, 0.5) is 5.69 Å². The van der Waals surface area contributed by atoms with Crippen LogP contribution in [-0.2, 0) is 0 Å². The van der Waals surface area contributed by atoms with Crippen LogP contribution in [0.3, 0.4) is 0 Å². The Morgan fingerprint density at radius 3 is 2.75 bits per heavy atom. The standard InChI is InChI=1S/C16H12N4O4/c17-9-10-24-15-8-4-1-5-12(15)11-18-19-16(21)13-6-2-3-7-14(13)20(22)23/h1-8,11H,10H2,(H,19,21)/b18-11-. The topological polar surface area (TPSA) is 118 Å². The normalized spacial score (nSPS) is 10.1. The summed E-state index contributed by atoms with van der Waals surface area (Å²) in [4.78, 5) is 22.3. The molecular weight excluding hydrogens is 312 g/mol. The maximum absolute atomic E-state index is 12.0. The largest absolute Gasteiger partial charge is 0.478 e. The van der Waals surface area contributed by atoms with Crippen LogP contribution in [0.1, 0.15) is 15.9 Å². The minimum atomic E-state index is -0.700. The number of nitrogens with one attached hydrogen (secondary N) is 1. The van der Waals surface area contributed by atoms with Crippen LogP contribution in [0.2, 0.25) is 0 Å². The molecule has 24 heavy (non-hydrogen) atoms. The maximum Gasteiger partial charge on any atom is 0.282 e. The molecule has 0 bridgehead atoms. The lowest BCUT2D eigenvalue weighted by Crippen LogP contribution is -2.19. The van der Waals surface area contributed by atoms with E-state index in [1.165, 1.54) is 30.5 Å². The lowest BCUT2D eigenvalue weighted by molar-refractivity contribution is -0.385. The molecule has 0 aliphatic carbocycles. The molecule has 2 aromatic rings. The third-order valence-electron chi connectivity index (χ3n) is 2.93. The molecule has 120 valence electrons. The first-order chi connectivity index (χ1) is 11.6. The quantitative estimate of drug-likeness (QED) is 0.497. The van der Waals surface area contributed by atoms with Crippen LogP contribution in [0.5, 0.6) is 5.75 Å². The number of benzene rings is 2. The van der Waals surface area contributed by atoms with E-state index in [0.29, 0.717) is 11.3 Å². The Balaban J connectivity index is 2.11. The first-order valence-electron chi connectivity index (χ1n) is 6.79. The average Bonchev–Trinajstić information content (AvgIpc) is 2.60. The van der Waals surface area contributed by atoms with Gasteiger partial charge in [0.1, 0.15) is 17.4 Å². The SMILES string of the molecule is N#CCOc1ccccc1/C=N\NC(=O)c1ccccc1[N+](=O)[O-]. The fraction of sp³-hybridized carbons (Fsp3) is 0.0625. The molecule has 8 nitrogen and oxygen atoms in total. The molecule has 8 heteroatoms. The molecule has 0 unspecified atom stereocenters. The number of para-hydroxylation sites is 2. The number of nitrogens with zero attached hydrogens (tertiary/aromatic N) is 3. The van der Waals surface area contributed by atoms with Gasteiger partial charge in [-0.3, -0.25) is 14.9 Å². The van der Waals surface area contributed by atoms with Crippen molar-refractivity contribution in [3.63, 3.8) is 0 Å². The minimum absolute atomic E-state index is 0.0892. The third kappa shape index (κ3) is 4.14. The van der Waals surface area contributed by atoms with Gasteiger partial charge in [0, 0.05) is 11.6 Å². The van der Waals surface area contributed by atoms with Gasteiger partial charge in [0.05, 0.1) is 11.1 Å². The van der Waals surface area contributed by atoms with E-state index < -0.39 is 10.8 Å². The van der Waals surface area contributed by atoms with Crippen molar-refractivity contribution in [1.82, 2.24) is 5.43 Å². The summed E-state index contributed by atoms with van der Waals surface area (Å²) in [6.45, 7) is -0.118. The number of nitriles is 1. The number of hydrazone groups is 1. The van der Waals surface area contributed by atoms with Crippen molar-refractivity contribution in [1.29, 1.82) is 5.26 Å². The van der Waals surface area contributed by atoms with Gasteiger partial charge in [-0.2, -0.15) is 10.4 Å². The predicted molar refractivity (Wildman–Crippen MR) is 85.7 cm³/mol. The molecule has 0 saturated carbocycles. The summed E-state index contributed by atoms with van der Waals surface area (Å²) in [6.07, 6.45) is 1.33. The van der Waals surface area contributed by atoms with Crippen LogP contribution in [0, 0.1) is 21.4 Å². The summed E-state index contributed by atoms with van der Waals surface area (Å²) >= 11 is 0. The highest BCUT2D eigenvalue weighted by Gasteiger charge is 2.18. The fourth-order valence-corrected chi connectivity index (χ4v) is 1.87. The van der Waals surface area contributed by atoms with Crippen LogP contribution in [-0.4, -0.2) is 23.7 Å². The number of nitro benzene ring substituents is 1. The Morgan fingerprint density at radius 2 is 2.00 bits per heavy atom. The van der Waals surface area contributed by atoms with E-state index >= 15 is 0 Å². The Morgan fingerprint density at radius 1 is 1.29 bits per heavy atom. The molecule has 0 spiro atoms. The summed E-state index contributed by atoms with van der Waals surface area (Å²) in [5.41, 5.74) is 2.39. The smallest absolute Gasteiger partial charge is 0.282 e. The number of amides is 1. The molecular formula is C16H12N4O4. The zero-order valence-electron chi connectivity index (χ0n) is 12.4. The highest BCUT2D eigenvalue weighted by molar-refractivity contribution is 5.98. The van der Waals surface area contributed by atoms with Crippen LogP contribution < -0.4 is 10.2 Å². The second-order valence-corrected chi connectivity index (χ2v) is 4.46. The van der Waals surface area contributed by atoms with E-state index in [-0.39, 0.29) is 17.9 Å². The second-order valence-electron chi connectivity index (χ2n) is 4.46. The van der Waals surface area contributed by atoms with Gasteiger partial charge in [-0.15, -0.1) is 0 Å². The molecule has 2 rings (SSSR count). The number of carbonyl (C=O) groups excluding carboxylic acids is 1. The van der Waals surface area contributed by atoms with Gasteiger partial charge in [-0.1, -0.05) is 24.3 Å². The summed E-state index contributed by atoms with van der Waals surface area (Å²) < 4.78 is 5.22. The van der Waals surface area contributed by atoms with Gasteiger partial charge in [0.15, 0.2) is 6.61 Å². The zero-order valence-corrected chi connectivity index (χ0v) is 12.4. The highest BCUT2D eigenvalue weighted by Crippen LogP contribution is 2.18. The molecule has 1 N–H and O–H groups in total. The first-order valence-corrected chi connectivity index (χ1v) is 6.79. The van der Waals surface area contributed by atoms with Crippen LogP contribution >= 0.6 is 0 Å². The zero-order chi connectivity index (χ0) is 17.4. The molecule has 0 atom stereocenters. The molecule has 0 saturated heterocycles. The van der Waals surface area contributed by atoms with Crippen molar-refractivity contribution in [2.24, 2.45) is 5.10 Å². The van der Waals surface area contributed by atoms with E-state index in [1.807, 2.05) is 6.07 Å². The van der Waals surface area contributed by atoms with Crippen molar-refractivity contribution < 1.29 is 14.5 Å². The van der Waals surface area contributed by atoms with E-state index in [1.54, 1.807) is 24.3 Å². The number of carbonyl (C=O) groups is 1. The first kappa shape index (κ1) is 16.6. The Hall–Kier alpha value is -3.73. The van der Waals surface area contributed by atoms with Gasteiger partial charge in [-0.05, 0) is 18.2 Å². The lowest BCUT2D eigenvalue weighted by Gasteiger charge is -2.05. The van der Waals surface area contributed by atoms with Gasteiger partial charge in [0.2, 0.25) is 0 Å². The van der Waals surface area contributed by atoms with Crippen molar-refractivity contribution in [2.75, 3.05) is 6.61 Å².